The van der Waals surface area contributed by atoms with Crippen molar-refractivity contribution in [2.75, 3.05) is 20.3 Å². The minimum atomic E-state index is -3.86. The number of amides is 2. The first-order valence-corrected chi connectivity index (χ1v) is 12.1. The van der Waals surface area contributed by atoms with Crippen molar-refractivity contribution in [2.24, 2.45) is 5.92 Å². The van der Waals surface area contributed by atoms with Crippen molar-refractivity contribution in [2.45, 2.75) is 31.6 Å². The summed E-state index contributed by atoms with van der Waals surface area (Å²) < 4.78 is 37.8. The summed E-state index contributed by atoms with van der Waals surface area (Å²) in [6.45, 7) is 4.54. The number of sulfonamides is 1. The Morgan fingerprint density at radius 3 is 2.45 bits per heavy atom. The van der Waals surface area contributed by atoms with E-state index in [1.54, 1.807) is 24.3 Å². The first-order chi connectivity index (χ1) is 15.6. The van der Waals surface area contributed by atoms with E-state index < -0.39 is 21.8 Å². The molecule has 0 spiro atoms. The lowest BCUT2D eigenvalue weighted by Gasteiger charge is -2.13. The molecule has 0 unspecified atom stereocenters. The van der Waals surface area contributed by atoms with E-state index in [2.05, 4.69) is 29.4 Å². The van der Waals surface area contributed by atoms with Gasteiger partial charge in [-0.05, 0) is 42.7 Å². The van der Waals surface area contributed by atoms with Crippen LogP contribution in [0, 0.1) is 5.92 Å². The highest BCUT2D eigenvalue weighted by atomic mass is 35.5. The second-order valence-electron chi connectivity index (χ2n) is 7.48. The Bertz CT molecular complexity index is 1080. The Labute approximate surface area is 198 Å². The molecule has 0 bridgehead atoms. The minimum Gasteiger partial charge on any atom is -0.493 e. The third kappa shape index (κ3) is 8.23. The Morgan fingerprint density at radius 2 is 1.79 bits per heavy atom. The van der Waals surface area contributed by atoms with Crippen LogP contribution in [-0.2, 0) is 14.8 Å². The van der Waals surface area contributed by atoms with Gasteiger partial charge >= 0.3 is 0 Å². The molecule has 2 aromatic carbocycles. The Hall–Kier alpha value is -2.82. The van der Waals surface area contributed by atoms with Crippen LogP contribution in [0.25, 0.3) is 0 Å². The van der Waals surface area contributed by atoms with Crippen molar-refractivity contribution < 1.29 is 27.5 Å². The van der Waals surface area contributed by atoms with Crippen molar-refractivity contribution in [3.63, 3.8) is 0 Å². The van der Waals surface area contributed by atoms with Crippen LogP contribution in [0.4, 0.5) is 0 Å². The van der Waals surface area contributed by atoms with Crippen LogP contribution >= 0.6 is 11.6 Å². The van der Waals surface area contributed by atoms with E-state index in [1.807, 2.05) is 0 Å². The molecule has 180 valence electrons. The molecule has 0 fully saturated rings. The number of rotatable bonds is 11. The molecule has 3 N–H and O–H groups in total. The van der Waals surface area contributed by atoms with E-state index in [-0.39, 0.29) is 28.4 Å². The number of hydrogen-bond donors (Lipinski definition) is 3. The van der Waals surface area contributed by atoms with Crippen molar-refractivity contribution >= 4 is 33.4 Å². The number of methoxy groups -OCH3 is 1. The summed E-state index contributed by atoms with van der Waals surface area (Å²) in [7, 11) is -2.39. The van der Waals surface area contributed by atoms with Gasteiger partial charge < -0.3 is 9.47 Å². The van der Waals surface area contributed by atoms with E-state index in [1.165, 1.54) is 25.3 Å². The molecule has 0 saturated heterocycles. The quantitative estimate of drug-likeness (QED) is 0.410. The molecule has 2 rings (SSSR count). The van der Waals surface area contributed by atoms with Crippen LogP contribution in [0.3, 0.4) is 0 Å². The van der Waals surface area contributed by atoms with Crippen LogP contribution in [0.5, 0.6) is 11.5 Å². The highest BCUT2D eigenvalue weighted by Gasteiger charge is 2.17. The number of carbonyl (C=O) groups is 2. The number of halogens is 1. The van der Waals surface area contributed by atoms with E-state index >= 15 is 0 Å². The number of carbonyl (C=O) groups excluding carboxylic acids is 2. The van der Waals surface area contributed by atoms with Crippen LogP contribution < -0.4 is 25.0 Å². The number of ether oxygens (including phenoxy) is 2. The summed E-state index contributed by atoms with van der Waals surface area (Å²) in [5, 5.41) is 0.0773. The maximum Gasteiger partial charge on any atom is 0.269 e. The maximum absolute atomic E-state index is 12.3. The zero-order valence-corrected chi connectivity index (χ0v) is 20.3. The van der Waals surface area contributed by atoms with Crippen LogP contribution in [0.2, 0.25) is 5.02 Å². The second-order valence-corrected chi connectivity index (χ2v) is 9.62. The number of hydrazine groups is 1. The highest BCUT2D eigenvalue weighted by Crippen LogP contribution is 2.28. The third-order valence-corrected chi connectivity index (χ3v) is 6.43. The molecule has 0 atom stereocenters. The van der Waals surface area contributed by atoms with Gasteiger partial charge in [0.1, 0.15) is 4.90 Å². The lowest BCUT2D eigenvalue weighted by molar-refractivity contribution is -0.121. The van der Waals surface area contributed by atoms with Crippen molar-refractivity contribution in [3.05, 3.63) is 53.1 Å². The second kappa shape index (κ2) is 12.4. The van der Waals surface area contributed by atoms with Gasteiger partial charge in [-0.3, -0.25) is 20.4 Å². The maximum atomic E-state index is 12.3. The smallest absolute Gasteiger partial charge is 0.269 e. The molecular formula is C22H28ClN3O6S. The summed E-state index contributed by atoms with van der Waals surface area (Å²) >= 11 is 5.90. The lowest BCUT2D eigenvalue weighted by Crippen LogP contribution is -2.42. The largest absolute Gasteiger partial charge is 0.493 e. The molecule has 33 heavy (non-hydrogen) atoms. The van der Waals surface area contributed by atoms with Gasteiger partial charge in [-0.2, -0.15) is 0 Å². The SMILES string of the molecule is COc1cc(C(=O)NNC(=O)CCNS(=O)(=O)c2ccccc2Cl)ccc1OCCC(C)C. The van der Waals surface area contributed by atoms with Crippen LogP contribution in [0.15, 0.2) is 47.4 Å². The molecule has 0 aromatic heterocycles. The zero-order chi connectivity index (χ0) is 24.4. The monoisotopic (exact) mass is 497 g/mol. The normalized spacial score (nSPS) is 11.2. The molecule has 2 aromatic rings. The summed E-state index contributed by atoms with van der Waals surface area (Å²) in [5.74, 6) is 0.269. The van der Waals surface area contributed by atoms with Gasteiger partial charge in [0.25, 0.3) is 5.91 Å². The van der Waals surface area contributed by atoms with Gasteiger partial charge in [0, 0.05) is 18.5 Å². The molecule has 11 heteroatoms. The molecule has 0 heterocycles. The van der Waals surface area contributed by atoms with E-state index in [9.17, 15) is 18.0 Å². The first-order valence-electron chi connectivity index (χ1n) is 10.3. The predicted molar refractivity (Wildman–Crippen MR) is 125 cm³/mol. The van der Waals surface area contributed by atoms with Gasteiger partial charge in [-0.25, -0.2) is 13.1 Å². The molecule has 0 saturated carbocycles. The summed E-state index contributed by atoms with van der Waals surface area (Å²) in [4.78, 5) is 24.2. The van der Waals surface area contributed by atoms with Crippen LogP contribution in [0.1, 0.15) is 37.0 Å². The third-order valence-electron chi connectivity index (χ3n) is 4.46. The van der Waals surface area contributed by atoms with Crippen molar-refractivity contribution in [3.8, 4) is 11.5 Å². The standard InChI is InChI=1S/C22H28ClN3O6S/c1-15(2)11-13-32-18-9-8-16(14-19(18)31-3)22(28)26-25-21(27)10-12-24-33(29,30)20-7-5-4-6-17(20)23/h4-9,14-15,24H,10-13H2,1-3H3,(H,25,27)(H,26,28). The van der Waals surface area contributed by atoms with Gasteiger partial charge in [-0.15, -0.1) is 0 Å². The summed E-state index contributed by atoms with van der Waals surface area (Å²) in [6, 6.07) is 10.6. The number of hydrogen-bond acceptors (Lipinski definition) is 6. The molecule has 2 amide bonds. The van der Waals surface area contributed by atoms with Gasteiger partial charge in [0.15, 0.2) is 11.5 Å². The Morgan fingerprint density at radius 1 is 1.06 bits per heavy atom. The van der Waals surface area contributed by atoms with Gasteiger partial charge in [0.05, 0.1) is 18.7 Å². The molecule has 9 nitrogen and oxygen atoms in total. The average Bonchev–Trinajstić information content (AvgIpc) is 2.77. The van der Waals surface area contributed by atoms with E-state index in [0.717, 1.165) is 6.42 Å². The lowest BCUT2D eigenvalue weighted by atomic mass is 10.1. The minimum absolute atomic E-state index is 0.0773. The van der Waals surface area contributed by atoms with Gasteiger partial charge in [-0.1, -0.05) is 37.6 Å². The Kier molecular flexibility index (Phi) is 9.95. The topological polar surface area (TPSA) is 123 Å². The molecule has 0 radical (unpaired) electrons. The van der Waals surface area contributed by atoms with E-state index in [4.69, 9.17) is 21.1 Å². The summed E-state index contributed by atoms with van der Waals surface area (Å²) in [5.41, 5.74) is 4.78. The van der Waals surface area contributed by atoms with Crippen LogP contribution in [-0.4, -0.2) is 40.5 Å². The fraction of sp³-hybridized carbons (Fsp3) is 0.364. The molecule has 0 aliphatic carbocycles. The number of benzene rings is 2. The van der Waals surface area contributed by atoms with E-state index in [0.29, 0.717) is 24.0 Å². The summed E-state index contributed by atoms with van der Waals surface area (Å²) in [6.07, 6.45) is 0.682. The average molecular weight is 498 g/mol. The molecule has 0 aliphatic rings. The fourth-order valence-electron chi connectivity index (χ4n) is 2.63. The predicted octanol–water partition coefficient (Wildman–Crippen LogP) is 2.90. The van der Waals surface area contributed by atoms with Gasteiger partial charge in [0.2, 0.25) is 15.9 Å². The first kappa shape index (κ1) is 26.4. The van der Waals surface area contributed by atoms with Crippen molar-refractivity contribution in [1.82, 2.24) is 15.6 Å². The highest BCUT2D eigenvalue weighted by molar-refractivity contribution is 7.89. The van der Waals surface area contributed by atoms with Crippen molar-refractivity contribution in [1.29, 1.82) is 0 Å². The molecular weight excluding hydrogens is 470 g/mol. The zero-order valence-electron chi connectivity index (χ0n) is 18.7. The number of nitrogens with one attached hydrogen (secondary N) is 3. The molecule has 0 aliphatic heterocycles. The Balaban J connectivity index is 1.83. The fourth-order valence-corrected chi connectivity index (χ4v) is 4.18.